The number of aliphatic carboxylic acids is 1. The average Bonchev–Trinajstić information content (AvgIpc) is 2.15. The minimum Gasteiger partial charge on any atom is -0.478 e. The van der Waals surface area contributed by atoms with Crippen LogP contribution in [0.1, 0.15) is 31.0 Å². The molecule has 0 fully saturated rings. The molecule has 1 aliphatic rings. The lowest BCUT2D eigenvalue weighted by atomic mass is 9.91. The molecule has 0 saturated carbocycles. The Morgan fingerprint density at radius 1 is 1.44 bits per heavy atom. The molecule has 0 aromatic carbocycles. The minimum atomic E-state index is -0.934. The zero-order valence-electron chi connectivity index (χ0n) is 9.44. The van der Waals surface area contributed by atoms with Crippen molar-refractivity contribution in [3.63, 3.8) is 0 Å². The summed E-state index contributed by atoms with van der Waals surface area (Å²) in [6.45, 7) is 5.39. The van der Waals surface area contributed by atoms with Crippen LogP contribution in [0.4, 0.5) is 0 Å². The third kappa shape index (κ3) is 1.56. The Hall–Kier alpha value is -1.84. The van der Waals surface area contributed by atoms with Crippen LogP contribution in [0.5, 0.6) is 5.88 Å². The van der Waals surface area contributed by atoms with Gasteiger partial charge in [0.1, 0.15) is 5.76 Å². The van der Waals surface area contributed by atoms with Crippen molar-refractivity contribution in [2.45, 2.75) is 26.7 Å². The van der Waals surface area contributed by atoms with Gasteiger partial charge in [-0.2, -0.15) is 0 Å². The summed E-state index contributed by atoms with van der Waals surface area (Å²) in [6.07, 6.45) is 0. The van der Waals surface area contributed by atoms with Gasteiger partial charge in [0.2, 0.25) is 5.88 Å². The number of carboxylic acids is 1. The molecule has 1 N–H and O–H groups in total. The van der Waals surface area contributed by atoms with Crippen molar-refractivity contribution in [3.8, 4) is 5.88 Å². The Balaban J connectivity index is 2.54. The second kappa shape index (κ2) is 3.63. The van der Waals surface area contributed by atoms with E-state index in [1.54, 1.807) is 6.92 Å². The van der Waals surface area contributed by atoms with Crippen LogP contribution in [0.3, 0.4) is 0 Å². The molecule has 4 nitrogen and oxygen atoms in total. The molecule has 84 valence electrons. The summed E-state index contributed by atoms with van der Waals surface area (Å²) >= 11 is 0. The van der Waals surface area contributed by atoms with Gasteiger partial charge in [-0.1, -0.05) is 13.0 Å². The summed E-state index contributed by atoms with van der Waals surface area (Å²) in [5.74, 6) is -0.175. The molecule has 1 atom stereocenters. The first-order valence-corrected chi connectivity index (χ1v) is 5.10. The molecular weight excluding hydrogens is 206 g/mol. The van der Waals surface area contributed by atoms with E-state index >= 15 is 0 Å². The van der Waals surface area contributed by atoms with Gasteiger partial charge in [0.25, 0.3) is 0 Å². The number of allylic oxidation sites excluding steroid dienone is 1. The average molecular weight is 219 g/mol. The predicted octanol–water partition coefficient (Wildman–Crippen LogP) is 2.24. The third-order valence-corrected chi connectivity index (χ3v) is 2.79. The number of rotatable bonds is 1. The maximum atomic E-state index is 11.1. The van der Waals surface area contributed by atoms with Gasteiger partial charge in [-0.3, -0.25) is 0 Å². The molecule has 0 spiro atoms. The normalized spacial score (nSPS) is 19.1. The second-order valence-corrected chi connectivity index (χ2v) is 3.95. The molecule has 1 aliphatic heterocycles. The number of pyridine rings is 1. The molecule has 2 rings (SSSR count). The van der Waals surface area contributed by atoms with Gasteiger partial charge in [-0.25, -0.2) is 9.78 Å². The van der Waals surface area contributed by atoms with Crippen LogP contribution in [-0.2, 0) is 4.79 Å². The number of hydrogen-bond donors (Lipinski definition) is 1. The number of aryl methyl sites for hydroxylation is 1. The number of ether oxygens (including phenoxy) is 1. The highest BCUT2D eigenvalue weighted by molar-refractivity contribution is 5.89. The number of fused-ring (bicyclic) bond motifs is 1. The Morgan fingerprint density at radius 3 is 2.75 bits per heavy atom. The summed E-state index contributed by atoms with van der Waals surface area (Å²) in [4.78, 5) is 15.4. The zero-order chi connectivity index (χ0) is 11.9. The molecule has 2 heterocycles. The van der Waals surface area contributed by atoms with Gasteiger partial charge in [0.15, 0.2) is 0 Å². The molecular formula is C12H13NO3. The number of aromatic nitrogens is 1. The SMILES string of the molecule is CC1=C(C(=O)O)C(C)c2ccc(C)nc2O1. The second-order valence-electron chi connectivity index (χ2n) is 3.95. The van der Waals surface area contributed by atoms with E-state index in [4.69, 9.17) is 9.84 Å². The van der Waals surface area contributed by atoms with Crippen molar-refractivity contribution in [2.75, 3.05) is 0 Å². The van der Waals surface area contributed by atoms with E-state index in [9.17, 15) is 4.79 Å². The van der Waals surface area contributed by atoms with Crippen LogP contribution < -0.4 is 4.74 Å². The van der Waals surface area contributed by atoms with E-state index in [1.807, 2.05) is 26.0 Å². The van der Waals surface area contributed by atoms with Crippen molar-refractivity contribution in [1.82, 2.24) is 4.98 Å². The molecule has 0 radical (unpaired) electrons. The molecule has 4 heteroatoms. The topological polar surface area (TPSA) is 59.4 Å². The summed E-state index contributed by atoms with van der Waals surface area (Å²) < 4.78 is 5.44. The van der Waals surface area contributed by atoms with Gasteiger partial charge in [-0.15, -0.1) is 0 Å². The molecule has 0 aliphatic carbocycles. The fourth-order valence-electron chi connectivity index (χ4n) is 1.95. The van der Waals surface area contributed by atoms with Crippen LogP contribution in [0.2, 0.25) is 0 Å². The van der Waals surface area contributed by atoms with E-state index in [2.05, 4.69) is 4.98 Å². The van der Waals surface area contributed by atoms with E-state index < -0.39 is 5.97 Å². The van der Waals surface area contributed by atoms with Crippen molar-refractivity contribution in [2.24, 2.45) is 0 Å². The smallest absolute Gasteiger partial charge is 0.335 e. The first kappa shape index (κ1) is 10.7. The zero-order valence-corrected chi connectivity index (χ0v) is 9.44. The van der Waals surface area contributed by atoms with Gasteiger partial charge in [0, 0.05) is 17.2 Å². The summed E-state index contributed by atoms with van der Waals surface area (Å²) in [6, 6.07) is 3.73. The van der Waals surface area contributed by atoms with Crippen LogP contribution in [0.15, 0.2) is 23.5 Å². The monoisotopic (exact) mass is 219 g/mol. The van der Waals surface area contributed by atoms with E-state index in [1.165, 1.54) is 0 Å². The number of hydrogen-bond acceptors (Lipinski definition) is 3. The van der Waals surface area contributed by atoms with Crippen LogP contribution in [0, 0.1) is 6.92 Å². The van der Waals surface area contributed by atoms with E-state index in [0.29, 0.717) is 17.2 Å². The minimum absolute atomic E-state index is 0.186. The van der Waals surface area contributed by atoms with Crippen LogP contribution in [0.25, 0.3) is 0 Å². The summed E-state index contributed by atoms with van der Waals surface area (Å²) in [5, 5.41) is 9.10. The van der Waals surface area contributed by atoms with Crippen LogP contribution in [-0.4, -0.2) is 16.1 Å². The molecule has 0 saturated heterocycles. The first-order chi connectivity index (χ1) is 7.50. The van der Waals surface area contributed by atoms with Crippen molar-refractivity contribution in [3.05, 3.63) is 34.7 Å². The lowest BCUT2D eigenvalue weighted by molar-refractivity contribution is -0.133. The highest BCUT2D eigenvalue weighted by Crippen LogP contribution is 2.37. The largest absolute Gasteiger partial charge is 0.478 e. The highest BCUT2D eigenvalue weighted by atomic mass is 16.5. The standard InChI is InChI=1S/C12H13NO3/c1-6-4-5-9-7(2)10(12(14)15)8(3)16-11(9)13-6/h4-5,7H,1-3H3,(H,14,15). The molecule has 0 bridgehead atoms. The van der Waals surface area contributed by atoms with Crippen molar-refractivity contribution < 1.29 is 14.6 Å². The molecule has 1 unspecified atom stereocenters. The fraction of sp³-hybridized carbons (Fsp3) is 0.333. The maximum Gasteiger partial charge on any atom is 0.335 e. The first-order valence-electron chi connectivity index (χ1n) is 5.10. The van der Waals surface area contributed by atoms with Gasteiger partial charge in [0.05, 0.1) is 5.57 Å². The third-order valence-electron chi connectivity index (χ3n) is 2.79. The van der Waals surface area contributed by atoms with Crippen LogP contribution >= 0.6 is 0 Å². The van der Waals surface area contributed by atoms with Gasteiger partial charge < -0.3 is 9.84 Å². The Labute approximate surface area is 93.6 Å². The van der Waals surface area contributed by atoms with Gasteiger partial charge in [-0.05, 0) is 19.9 Å². The Bertz CT molecular complexity index is 491. The fourth-order valence-corrected chi connectivity index (χ4v) is 1.95. The molecule has 1 aromatic heterocycles. The number of carboxylic acid groups (broad SMARTS) is 1. The van der Waals surface area contributed by atoms with Crippen molar-refractivity contribution >= 4 is 5.97 Å². The quantitative estimate of drug-likeness (QED) is 0.786. The summed E-state index contributed by atoms with van der Waals surface area (Å²) in [5.41, 5.74) is 1.99. The lowest BCUT2D eigenvalue weighted by Gasteiger charge is -2.24. The molecule has 16 heavy (non-hydrogen) atoms. The number of nitrogens with zero attached hydrogens (tertiary/aromatic N) is 1. The van der Waals surface area contributed by atoms with E-state index in [-0.39, 0.29) is 5.92 Å². The van der Waals surface area contributed by atoms with E-state index in [0.717, 1.165) is 11.3 Å². The van der Waals surface area contributed by atoms with Crippen molar-refractivity contribution in [1.29, 1.82) is 0 Å². The Morgan fingerprint density at radius 2 is 2.12 bits per heavy atom. The summed E-state index contributed by atoms with van der Waals surface area (Å²) in [7, 11) is 0. The Kier molecular flexibility index (Phi) is 2.42. The maximum absolute atomic E-state index is 11.1. The lowest BCUT2D eigenvalue weighted by Crippen LogP contribution is -2.19. The van der Waals surface area contributed by atoms with Gasteiger partial charge >= 0.3 is 5.97 Å². The highest BCUT2D eigenvalue weighted by Gasteiger charge is 2.29. The number of carbonyl (C=O) groups is 1. The molecule has 1 aromatic rings. The predicted molar refractivity (Wildman–Crippen MR) is 58.4 cm³/mol. The molecule has 0 amide bonds.